The largest absolute Gasteiger partial charge is 0.311 e. The van der Waals surface area contributed by atoms with E-state index in [4.69, 9.17) is 0 Å². The molecule has 2 heteroatoms. The van der Waals surface area contributed by atoms with Crippen LogP contribution < -0.4 is 10.1 Å². The molecular formula is C24H29NSi. The first-order chi connectivity index (χ1) is 12.4. The first-order valence-corrected chi connectivity index (χ1v) is 12.7. The molecule has 0 aliphatic rings. The fourth-order valence-corrected chi connectivity index (χ4v) is 4.58. The van der Waals surface area contributed by atoms with Gasteiger partial charge < -0.3 is 4.90 Å². The quantitative estimate of drug-likeness (QED) is 0.458. The minimum absolute atomic E-state index is 1.19. The van der Waals surface area contributed by atoms with Gasteiger partial charge in [-0.25, -0.2) is 0 Å². The molecule has 134 valence electrons. The number of rotatable bonds is 5. The summed E-state index contributed by atoms with van der Waals surface area (Å²) >= 11 is 0. The molecule has 0 radical (unpaired) electrons. The van der Waals surface area contributed by atoms with E-state index >= 15 is 0 Å². The van der Waals surface area contributed by atoms with Crippen LogP contribution in [-0.2, 0) is 0 Å². The Hall–Kier alpha value is -2.32. The number of hydrogen-bond donors (Lipinski definition) is 0. The van der Waals surface area contributed by atoms with E-state index in [2.05, 4.69) is 112 Å². The Kier molecular flexibility index (Phi) is 5.33. The van der Waals surface area contributed by atoms with Crippen molar-refractivity contribution in [3.63, 3.8) is 0 Å². The second kappa shape index (κ2) is 7.51. The zero-order valence-corrected chi connectivity index (χ0v) is 17.6. The van der Waals surface area contributed by atoms with Crippen LogP contribution in [0.4, 0.5) is 17.1 Å². The van der Waals surface area contributed by atoms with Gasteiger partial charge in [-0.1, -0.05) is 78.8 Å². The molecule has 0 aromatic heterocycles. The summed E-state index contributed by atoms with van der Waals surface area (Å²) in [6, 6.07) is 28.0. The Labute approximate surface area is 159 Å². The maximum atomic E-state index is 2.44. The highest BCUT2D eigenvalue weighted by molar-refractivity contribution is 6.89. The molecule has 26 heavy (non-hydrogen) atoms. The lowest BCUT2D eigenvalue weighted by Crippen LogP contribution is -2.40. The summed E-state index contributed by atoms with van der Waals surface area (Å²) in [6.07, 6.45) is 0. The summed E-state index contributed by atoms with van der Waals surface area (Å²) in [5.74, 6) is 0. The Morgan fingerprint density at radius 1 is 0.615 bits per heavy atom. The van der Waals surface area contributed by atoms with Crippen molar-refractivity contribution in [1.29, 1.82) is 0 Å². The molecule has 3 aromatic rings. The Morgan fingerprint density at radius 2 is 0.962 bits per heavy atom. The lowest BCUT2D eigenvalue weighted by molar-refractivity contribution is 1.27. The molecule has 0 atom stereocenters. The van der Waals surface area contributed by atoms with Crippen LogP contribution in [0.15, 0.2) is 72.8 Å². The second-order valence-corrected chi connectivity index (χ2v) is 12.8. The monoisotopic (exact) mass is 359 g/mol. The smallest absolute Gasteiger partial charge is 0.0803 e. The predicted octanol–water partition coefficient (Wildman–Crippen LogP) is 6.71. The van der Waals surface area contributed by atoms with Crippen molar-refractivity contribution in [2.75, 3.05) is 4.90 Å². The first kappa shape index (κ1) is 18.5. The first-order valence-electron chi connectivity index (χ1n) is 9.45. The van der Waals surface area contributed by atoms with Crippen LogP contribution in [-0.4, -0.2) is 8.07 Å². The van der Waals surface area contributed by atoms with Crippen LogP contribution in [0.25, 0.3) is 0 Å². The molecule has 0 bridgehead atoms. The molecule has 0 fully saturated rings. The minimum Gasteiger partial charge on any atom is -0.311 e. The van der Waals surface area contributed by atoms with Crippen molar-refractivity contribution in [1.82, 2.24) is 0 Å². The van der Waals surface area contributed by atoms with Crippen molar-refractivity contribution in [3.05, 3.63) is 83.9 Å². The van der Waals surface area contributed by atoms with Crippen LogP contribution in [0.1, 0.15) is 18.1 Å². The van der Waals surface area contributed by atoms with Crippen molar-refractivity contribution in [2.45, 2.75) is 39.9 Å². The summed E-state index contributed by atoms with van der Waals surface area (Å²) in [5.41, 5.74) is 6.16. The number of anilines is 3. The summed E-state index contributed by atoms with van der Waals surface area (Å²) < 4.78 is 0. The highest BCUT2D eigenvalue weighted by Gasteiger charge is 2.21. The summed E-state index contributed by atoms with van der Waals surface area (Å²) in [5, 5.41) is 1.52. The molecule has 3 rings (SSSR count). The molecule has 0 saturated carbocycles. The van der Waals surface area contributed by atoms with Crippen LogP contribution in [0.5, 0.6) is 0 Å². The molecule has 0 heterocycles. The van der Waals surface area contributed by atoms with Crippen LogP contribution in [0.2, 0.25) is 19.1 Å². The van der Waals surface area contributed by atoms with Crippen LogP contribution >= 0.6 is 0 Å². The summed E-state index contributed by atoms with van der Waals surface area (Å²) in [7, 11) is -1.30. The number of benzene rings is 3. The van der Waals surface area contributed by atoms with Crippen molar-refractivity contribution in [2.24, 2.45) is 0 Å². The maximum Gasteiger partial charge on any atom is 0.0803 e. The number of hydrogen-bond acceptors (Lipinski definition) is 1. The van der Waals surface area contributed by atoms with Gasteiger partial charge in [-0.15, -0.1) is 0 Å². The van der Waals surface area contributed by atoms with E-state index in [0.717, 1.165) is 0 Å². The lowest BCUT2D eigenvalue weighted by atomic mass is 10.1. The van der Waals surface area contributed by atoms with Gasteiger partial charge in [0.25, 0.3) is 0 Å². The van der Waals surface area contributed by atoms with Gasteiger partial charge in [-0.05, 0) is 50.2 Å². The summed E-state index contributed by atoms with van der Waals surface area (Å²) in [4.78, 5) is 2.34. The van der Waals surface area contributed by atoms with Crippen molar-refractivity contribution in [3.8, 4) is 0 Å². The highest BCUT2D eigenvalue weighted by Crippen LogP contribution is 2.34. The molecule has 3 aromatic carbocycles. The zero-order valence-electron chi connectivity index (χ0n) is 16.6. The standard InChI is InChI=1S/C24H29NSi/c1-6-26(4,5)24-17-15-23(16-18-24)25(21-11-7-19(2)8-12-21)22-13-9-20(3)10-14-22/h7-18H,6H2,1-5H3. The van der Waals surface area contributed by atoms with Gasteiger partial charge in [0.2, 0.25) is 0 Å². The third-order valence-electron chi connectivity index (χ3n) is 5.38. The molecule has 0 aliphatic carbocycles. The molecular weight excluding hydrogens is 330 g/mol. The number of nitrogens with zero attached hydrogens (tertiary/aromatic N) is 1. The second-order valence-electron chi connectivity index (χ2n) is 7.79. The minimum atomic E-state index is -1.30. The van der Waals surface area contributed by atoms with Crippen molar-refractivity contribution < 1.29 is 0 Å². The lowest BCUT2D eigenvalue weighted by Gasteiger charge is -2.27. The topological polar surface area (TPSA) is 3.24 Å². The van der Waals surface area contributed by atoms with Gasteiger partial charge in [0.1, 0.15) is 0 Å². The average Bonchev–Trinajstić information content (AvgIpc) is 2.65. The van der Waals surface area contributed by atoms with Gasteiger partial charge in [0.15, 0.2) is 0 Å². The fraction of sp³-hybridized carbons (Fsp3) is 0.250. The Bertz CT molecular complexity index is 801. The molecule has 0 aliphatic heterocycles. The maximum absolute atomic E-state index is 2.44. The van der Waals surface area contributed by atoms with Gasteiger partial charge in [-0.2, -0.15) is 0 Å². The molecule has 0 N–H and O–H groups in total. The Morgan fingerprint density at radius 3 is 1.31 bits per heavy atom. The molecule has 0 spiro atoms. The van der Waals surface area contributed by atoms with Crippen LogP contribution in [0.3, 0.4) is 0 Å². The van der Waals surface area contributed by atoms with E-state index in [1.54, 1.807) is 0 Å². The normalized spacial score (nSPS) is 11.4. The Balaban J connectivity index is 2.06. The number of aryl methyl sites for hydroxylation is 2. The average molecular weight is 360 g/mol. The summed E-state index contributed by atoms with van der Waals surface area (Å²) in [6.45, 7) is 11.5. The van der Waals surface area contributed by atoms with E-state index in [1.807, 2.05) is 0 Å². The predicted molar refractivity (Wildman–Crippen MR) is 118 cm³/mol. The highest BCUT2D eigenvalue weighted by atomic mass is 28.3. The molecule has 0 unspecified atom stereocenters. The van der Waals surface area contributed by atoms with E-state index in [9.17, 15) is 0 Å². The molecule has 0 saturated heterocycles. The third-order valence-corrected chi connectivity index (χ3v) is 9.04. The molecule has 0 amide bonds. The van der Waals surface area contributed by atoms with Crippen LogP contribution in [0, 0.1) is 13.8 Å². The van der Waals surface area contributed by atoms with Gasteiger partial charge in [0.05, 0.1) is 8.07 Å². The van der Waals surface area contributed by atoms with E-state index in [-0.39, 0.29) is 0 Å². The van der Waals surface area contributed by atoms with Gasteiger partial charge >= 0.3 is 0 Å². The van der Waals surface area contributed by atoms with E-state index in [0.29, 0.717) is 0 Å². The van der Waals surface area contributed by atoms with E-state index < -0.39 is 8.07 Å². The fourth-order valence-electron chi connectivity index (χ4n) is 3.10. The van der Waals surface area contributed by atoms with Gasteiger partial charge in [-0.3, -0.25) is 0 Å². The third kappa shape index (κ3) is 3.91. The van der Waals surface area contributed by atoms with Gasteiger partial charge in [0, 0.05) is 17.1 Å². The SMILES string of the molecule is CC[Si](C)(C)c1ccc(N(c2ccc(C)cc2)c2ccc(C)cc2)cc1. The zero-order chi connectivity index (χ0) is 18.7. The molecule has 1 nitrogen and oxygen atoms in total. The van der Waals surface area contributed by atoms with E-state index in [1.165, 1.54) is 39.4 Å². The van der Waals surface area contributed by atoms with Crippen molar-refractivity contribution >= 4 is 30.3 Å².